The highest BCUT2D eigenvalue weighted by Gasteiger charge is 2.17. The zero-order valence-electron chi connectivity index (χ0n) is 17.4. The molecular weight excluding hydrogens is 396 g/mol. The first-order valence-corrected chi connectivity index (χ1v) is 10.6. The highest BCUT2D eigenvalue weighted by Crippen LogP contribution is 2.22. The zero-order chi connectivity index (χ0) is 21.8. The van der Waals surface area contributed by atoms with Crippen LogP contribution >= 0.6 is 0 Å². The van der Waals surface area contributed by atoms with Gasteiger partial charge in [-0.15, -0.1) is 5.10 Å². The molecule has 1 N–H and O–H groups in total. The van der Waals surface area contributed by atoms with Gasteiger partial charge in [0.25, 0.3) is 5.91 Å². The smallest absolute Gasteiger partial charge is 0.252 e. The van der Waals surface area contributed by atoms with Gasteiger partial charge < -0.3 is 5.32 Å². The van der Waals surface area contributed by atoms with E-state index < -0.39 is 0 Å². The lowest BCUT2D eigenvalue weighted by Gasteiger charge is -2.20. The van der Waals surface area contributed by atoms with Crippen molar-refractivity contribution in [2.24, 2.45) is 0 Å². The van der Waals surface area contributed by atoms with Gasteiger partial charge >= 0.3 is 0 Å². The summed E-state index contributed by atoms with van der Waals surface area (Å²) in [6.07, 6.45) is 0. The molecule has 0 unspecified atom stereocenters. The number of aromatic nitrogens is 3. The third-order valence-corrected chi connectivity index (χ3v) is 5.51. The van der Waals surface area contributed by atoms with E-state index in [-0.39, 0.29) is 11.9 Å². The predicted molar refractivity (Wildman–Crippen MR) is 125 cm³/mol. The molecule has 32 heavy (non-hydrogen) atoms. The zero-order valence-corrected chi connectivity index (χ0v) is 17.4. The summed E-state index contributed by atoms with van der Waals surface area (Å²) in [7, 11) is 0. The number of benzene rings is 4. The average molecular weight is 419 g/mol. The number of nitrogens with one attached hydrogen (secondary N) is 1. The highest BCUT2D eigenvalue weighted by atomic mass is 16.1. The third-order valence-electron chi connectivity index (χ3n) is 5.51. The molecule has 0 aliphatic carbocycles. The van der Waals surface area contributed by atoms with Crippen LogP contribution in [0, 0.1) is 0 Å². The van der Waals surface area contributed by atoms with Crippen molar-refractivity contribution < 1.29 is 4.79 Å². The van der Waals surface area contributed by atoms with Gasteiger partial charge in [0, 0.05) is 5.56 Å². The molecule has 0 radical (unpaired) electrons. The lowest BCUT2D eigenvalue weighted by molar-refractivity contribution is 0.0943. The van der Waals surface area contributed by atoms with Gasteiger partial charge in [-0.2, -0.15) is 0 Å². The lowest BCUT2D eigenvalue weighted by Crippen LogP contribution is -2.29. The van der Waals surface area contributed by atoms with Gasteiger partial charge in [0.15, 0.2) is 0 Å². The largest absolute Gasteiger partial charge is 0.341 e. The first kappa shape index (κ1) is 19.7. The summed E-state index contributed by atoms with van der Waals surface area (Å²) in [4.78, 5) is 13.1. The summed E-state index contributed by atoms with van der Waals surface area (Å²) in [5.74, 6) is -0.111. The number of carbonyl (C=O) groups excluding carboxylic acids is 1. The van der Waals surface area contributed by atoms with E-state index in [1.165, 1.54) is 0 Å². The number of carbonyl (C=O) groups is 1. The molecule has 0 aliphatic rings. The van der Waals surface area contributed by atoms with Gasteiger partial charge in [-0.1, -0.05) is 90.1 Å². The van der Waals surface area contributed by atoms with Crippen LogP contribution in [0.4, 0.5) is 0 Å². The topological polar surface area (TPSA) is 59.8 Å². The molecule has 1 amide bonds. The fourth-order valence-electron chi connectivity index (χ4n) is 3.83. The quantitative estimate of drug-likeness (QED) is 0.422. The maximum atomic E-state index is 13.1. The van der Waals surface area contributed by atoms with Crippen molar-refractivity contribution in [1.82, 2.24) is 20.3 Å². The molecule has 5 heteroatoms. The first-order chi connectivity index (χ1) is 15.8. The van der Waals surface area contributed by atoms with Gasteiger partial charge in [0.1, 0.15) is 5.52 Å². The lowest BCUT2D eigenvalue weighted by atomic mass is 9.98. The van der Waals surface area contributed by atoms with E-state index in [0.29, 0.717) is 12.1 Å². The van der Waals surface area contributed by atoms with Crippen molar-refractivity contribution in [3.8, 4) is 0 Å². The van der Waals surface area contributed by atoms with Crippen LogP contribution in [0.3, 0.4) is 0 Å². The number of amides is 1. The predicted octanol–water partition coefficient (Wildman–Crippen LogP) is 5.00. The number of fused-ring (bicyclic) bond motifs is 1. The molecule has 0 fully saturated rings. The Hall–Kier alpha value is -4.25. The van der Waals surface area contributed by atoms with Crippen LogP contribution in [0.1, 0.15) is 33.1 Å². The Morgan fingerprint density at radius 2 is 1.34 bits per heavy atom. The van der Waals surface area contributed by atoms with Crippen LogP contribution in [0.15, 0.2) is 109 Å². The minimum Gasteiger partial charge on any atom is -0.341 e. The molecule has 156 valence electrons. The van der Waals surface area contributed by atoms with E-state index in [1.807, 2.05) is 114 Å². The SMILES string of the molecule is O=C(NC(c1ccccc1)c1ccccc1)c1ccc(Cn2nnc3ccccc32)cc1. The fraction of sp³-hybridized carbons (Fsp3) is 0.0741. The molecule has 5 aromatic rings. The van der Waals surface area contributed by atoms with E-state index >= 15 is 0 Å². The van der Waals surface area contributed by atoms with Gasteiger partial charge in [0.2, 0.25) is 0 Å². The van der Waals surface area contributed by atoms with Gasteiger partial charge in [-0.05, 0) is 41.0 Å². The Morgan fingerprint density at radius 1 is 0.750 bits per heavy atom. The second-order valence-corrected chi connectivity index (χ2v) is 7.66. The number of nitrogens with zero attached hydrogens (tertiary/aromatic N) is 3. The Balaban J connectivity index is 1.34. The van der Waals surface area contributed by atoms with E-state index in [1.54, 1.807) is 0 Å². The Kier molecular flexibility index (Phi) is 5.45. The van der Waals surface area contributed by atoms with Crippen LogP contribution in [0.25, 0.3) is 11.0 Å². The minimum absolute atomic E-state index is 0.111. The van der Waals surface area contributed by atoms with E-state index in [2.05, 4.69) is 15.6 Å². The molecule has 5 nitrogen and oxygen atoms in total. The summed E-state index contributed by atoms with van der Waals surface area (Å²) in [5.41, 5.74) is 5.62. The van der Waals surface area contributed by atoms with Crippen LogP contribution in [-0.4, -0.2) is 20.9 Å². The van der Waals surface area contributed by atoms with Gasteiger partial charge in [-0.25, -0.2) is 4.68 Å². The van der Waals surface area contributed by atoms with Crippen molar-refractivity contribution in [3.05, 3.63) is 131 Å². The second kappa shape index (κ2) is 8.86. The van der Waals surface area contributed by atoms with Crippen molar-refractivity contribution in [2.45, 2.75) is 12.6 Å². The number of hydrogen-bond acceptors (Lipinski definition) is 3. The average Bonchev–Trinajstić information content (AvgIpc) is 3.27. The Labute approximate surface area is 186 Å². The van der Waals surface area contributed by atoms with E-state index in [0.717, 1.165) is 27.7 Å². The van der Waals surface area contributed by atoms with Crippen LogP contribution in [-0.2, 0) is 6.54 Å². The minimum atomic E-state index is -0.217. The van der Waals surface area contributed by atoms with Crippen LogP contribution in [0.5, 0.6) is 0 Å². The van der Waals surface area contributed by atoms with E-state index in [4.69, 9.17) is 0 Å². The number of hydrogen-bond donors (Lipinski definition) is 1. The van der Waals surface area contributed by atoms with E-state index in [9.17, 15) is 4.79 Å². The van der Waals surface area contributed by atoms with Gasteiger partial charge in [-0.3, -0.25) is 4.79 Å². The molecule has 0 atom stereocenters. The number of rotatable bonds is 6. The second-order valence-electron chi connectivity index (χ2n) is 7.66. The molecule has 5 rings (SSSR count). The molecule has 0 bridgehead atoms. The third kappa shape index (κ3) is 4.14. The molecule has 0 saturated carbocycles. The molecule has 0 spiro atoms. The maximum Gasteiger partial charge on any atom is 0.252 e. The monoisotopic (exact) mass is 418 g/mol. The standard InChI is InChI=1S/C27H22N4O/c32-27(28-26(21-9-3-1-4-10-21)22-11-5-2-6-12-22)23-17-15-20(16-18-23)19-31-25-14-8-7-13-24(25)29-30-31/h1-18,26H,19H2,(H,28,32). The summed E-state index contributed by atoms with van der Waals surface area (Å²) >= 11 is 0. The number of para-hydroxylation sites is 1. The molecule has 0 aliphatic heterocycles. The molecular formula is C27H22N4O. The molecule has 1 heterocycles. The molecule has 4 aromatic carbocycles. The molecule has 1 aromatic heterocycles. The summed E-state index contributed by atoms with van der Waals surface area (Å²) in [5, 5.41) is 11.6. The summed E-state index contributed by atoms with van der Waals surface area (Å²) < 4.78 is 1.87. The summed E-state index contributed by atoms with van der Waals surface area (Å²) in [6.45, 7) is 0.596. The Bertz CT molecular complexity index is 1290. The Morgan fingerprint density at radius 3 is 2.00 bits per heavy atom. The molecule has 0 saturated heterocycles. The summed E-state index contributed by atoms with van der Waals surface area (Å²) in [6, 6.07) is 35.3. The maximum absolute atomic E-state index is 13.1. The van der Waals surface area contributed by atoms with Crippen molar-refractivity contribution in [3.63, 3.8) is 0 Å². The van der Waals surface area contributed by atoms with Gasteiger partial charge in [0.05, 0.1) is 18.1 Å². The van der Waals surface area contributed by atoms with Crippen molar-refractivity contribution in [1.29, 1.82) is 0 Å². The van der Waals surface area contributed by atoms with Crippen LogP contribution < -0.4 is 5.32 Å². The van der Waals surface area contributed by atoms with Crippen molar-refractivity contribution >= 4 is 16.9 Å². The fourth-order valence-corrected chi connectivity index (χ4v) is 3.83. The van der Waals surface area contributed by atoms with Crippen LogP contribution in [0.2, 0.25) is 0 Å². The first-order valence-electron chi connectivity index (χ1n) is 10.6. The highest BCUT2D eigenvalue weighted by molar-refractivity contribution is 5.94. The van der Waals surface area contributed by atoms with Crippen molar-refractivity contribution in [2.75, 3.05) is 0 Å². The normalized spacial score (nSPS) is 11.0.